The van der Waals surface area contributed by atoms with Gasteiger partial charge in [-0.2, -0.15) is 0 Å². The second kappa shape index (κ2) is 17.0. The minimum Gasteiger partial charge on any atom is -0.350 e. The van der Waals surface area contributed by atoms with E-state index >= 15 is 0 Å². The number of carbonyl (C=O) groups is 2. The van der Waals surface area contributed by atoms with E-state index in [-0.39, 0.29) is 17.4 Å². The first kappa shape index (κ1) is 38.1. The lowest BCUT2D eigenvalue weighted by Crippen LogP contribution is -2.29. The molecule has 14 heteroatoms. The van der Waals surface area contributed by atoms with Crippen molar-refractivity contribution in [1.29, 1.82) is 0 Å². The Morgan fingerprint density at radius 1 is 0.589 bits per heavy atom. The van der Waals surface area contributed by atoms with E-state index in [4.69, 9.17) is 5.21 Å². The summed E-state index contributed by atoms with van der Waals surface area (Å²) >= 11 is 0. The largest absolute Gasteiger partial charge is 0.350 e. The van der Waals surface area contributed by atoms with Crippen LogP contribution in [0.3, 0.4) is 0 Å². The number of carbonyl (C=O) groups excluding carboxylic acids is 2. The zero-order valence-corrected chi connectivity index (χ0v) is 31.5. The molecule has 56 heavy (non-hydrogen) atoms. The topological polar surface area (TPSA) is 187 Å². The summed E-state index contributed by atoms with van der Waals surface area (Å²) in [5, 5.41) is 14.4. The summed E-state index contributed by atoms with van der Waals surface area (Å²) in [4.78, 5) is 57.7. The standard InChI is InChI=1S/C10H10N2O.C9H8N2O2.2C8H8N2.C7H6N2O/c1-7-3-4-9-5-6-12(8(2)13)10(9)11-7;1-6(12)11-5-4-7-2-3-8(13)10-9(7)11;2*1-6-2-3-7-4-5-9-8(7)10-6;10-9-5-1-2-6-3-4-8-7(6)9/h3-6H,1-2H3;2-5H,1H3,(H,10,13);2*2-5H,1H3,(H,9,10);1-5,10H/p+1. The normalized spacial score (nSPS) is 10.5. The van der Waals surface area contributed by atoms with Gasteiger partial charge in [-0.1, -0.05) is 4.73 Å². The van der Waals surface area contributed by atoms with Crippen molar-refractivity contribution in [2.24, 2.45) is 0 Å². The monoisotopic (exact) mass is 749 g/mol. The van der Waals surface area contributed by atoms with Crippen LogP contribution in [0.25, 0.3) is 55.2 Å². The Bertz CT molecular complexity index is 2910. The molecule has 10 heterocycles. The molecule has 0 fully saturated rings. The van der Waals surface area contributed by atoms with E-state index in [1.807, 2.05) is 87.8 Å². The molecule has 282 valence electrons. The predicted octanol–water partition coefficient (Wildman–Crippen LogP) is 7.43. The molecule has 10 aromatic heterocycles. The van der Waals surface area contributed by atoms with E-state index in [0.29, 0.717) is 5.65 Å². The molecule has 0 aliphatic rings. The van der Waals surface area contributed by atoms with E-state index < -0.39 is 0 Å². The zero-order valence-electron chi connectivity index (χ0n) is 31.5. The second-order valence-corrected chi connectivity index (χ2v) is 12.8. The maximum absolute atomic E-state index is 11.2. The molecule has 0 radical (unpaired) electrons. The molecule has 0 aromatic carbocycles. The average Bonchev–Trinajstić information content (AvgIpc) is 4.02. The Balaban J connectivity index is 0.000000119. The number of nitrogens with one attached hydrogen (secondary N) is 4. The number of aromatic nitrogens is 10. The van der Waals surface area contributed by atoms with Crippen molar-refractivity contribution in [3.63, 3.8) is 0 Å². The van der Waals surface area contributed by atoms with Gasteiger partial charge < -0.3 is 20.2 Å². The van der Waals surface area contributed by atoms with E-state index in [9.17, 15) is 14.4 Å². The smallest absolute Gasteiger partial charge is 0.325 e. The van der Waals surface area contributed by atoms with Gasteiger partial charge in [-0.3, -0.25) is 23.5 Å². The molecule has 14 nitrogen and oxygen atoms in total. The molecule has 0 bridgehead atoms. The maximum Gasteiger partial charge on any atom is 0.325 e. The Labute approximate surface area is 320 Å². The van der Waals surface area contributed by atoms with Gasteiger partial charge in [0.05, 0.1) is 11.6 Å². The van der Waals surface area contributed by atoms with Gasteiger partial charge in [-0.25, -0.2) is 19.9 Å². The number of aryl methyl sites for hydroxylation is 3. The van der Waals surface area contributed by atoms with Crippen molar-refractivity contribution >= 4 is 67.0 Å². The number of H-pyrrole nitrogens is 4. The molecule has 0 aliphatic carbocycles. The minimum atomic E-state index is -0.200. The number of hydrogen-bond donors (Lipinski definition) is 5. The van der Waals surface area contributed by atoms with Crippen molar-refractivity contribution in [3.05, 3.63) is 156 Å². The fraction of sp³-hybridized carbons (Fsp3) is 0.119. The lowest BCUT2D eigenvalue weighted by atomic mass is 10.3. The molecule has 0 saturated carbocycles. The van der Waals surface area contributed by atoms with Gasteiger partial charge in [0.25, 0.3) is 0 Å². The van der Waals surface area contributed by atoms with Gasteiger partial charge in [0, 0.05) is 83.3 Å². The highest BCUT2D eigenvalue weighted by atomic mass is 16.5. The van der Waals surface area contributed by atoms with Gasteiger partial charge in [0.1, 0.15) is 28.8 Å². The third-order valence-corrected chi connectivity index (χ3v) is 8.51. The van der Waals surface area contributed by atoms with E-state index in [0.717, 1.165) is 60.6 Å². The van der Waals surface area contributed by atoms with Gasteiger partial charge in [-0.05, 0) is 106 Å². The van der Waals surface area contributed by atoms with Crippen molar-refractivity contribution in [3.8, 4) is 0 Å². The van der Waals surface area contributed by atoms with Crippen molar-refractivity contribution < 1.29 is 19.5 Å². The number of aromatic amines is 4. The molecular formula is C42H41N10O4+. The summed E-state index contributed by atoms with van der Waals surface area (Å²) in [5.41, 5.74) is 6.79. The molecular weight excluding hydrogens is 709 g/mol. The van der Waals surface area contributed by atoms with Crippen LogP contribution in [0, 0.1) is 20.8 Å². The summed E-state index contributed by atoms with van der Waals surface area (Å²) < 4.78 is 4.04. The van der Waals surface area contributed by atoms with Crippen molar-refractivity contribution in [1.82, 2.24) is 44.0 Å². The average molecular weight is 750 g/mol. The van der Waals surface area contributed by atoms with Crippen molar-refractivity contribution in [2.75, 3.05) is 0 Å². The van der Waals surface area contributed by atoms with Gasteiger partial charge in [-0.15, -0.1) is 0 Å². The SMILES string of the molecule is CC(=O)n1ccc2ccc(=O)[nH]c21.CC(=O)n1ccc2ccc(C)nc21.Cc1ccc2cc[nH]c2n1.Cc1ccc2cc[nH]c2n1.O[n+]1cccc2cc[nH]c21. The first-order chi connectivity index (χ1) is 27.0. The number of rotatable bonds is 0. The highest BCUT2D eigenvalue weighted by Crippen LogP contribution is 2.14. The first-order valence-electron chi connectivity index (χ1n) is 17.6. The van der Waals surface area contributed by atoms with Crippen LogP contribution in [0.15, 0.2) is 133 Å². The number of nitrogens with zero attached hydrogens (tertiary/aromatic N) is 6. The fourth-order valence-corrected chi connectivity index (χ4v) is 5.72. The highest BCUT2D eigenvalue weighted by molar-refractivity contribution is 5.90. The Morgan fingerprint density at radius 2 is 1.11 bits per heavy atom. The molecule has 10 rings (SSSR count). The van der Waals surface area contributed by atoms with E-state index in [1.165, 1.54) is 35.3 Å². The quantitative estimate of drug-likeness (QED) is 0.0788. The molecule has 0 atom stereocenters. The summed E-state index contributed by atoms with van der Waals surface area (Å²) in [6.07, 6.45) is 10.6. The molecule has 0 aliphatic heterocycles. The zero-order chi connectivity index (χ0) is 39.8. The highest BCUT2D eigenvalue weighted by Gasteiger charge is 2.06. The first-order valence-corrected chi connectivity index (χ1v) is 17.6. The third kappa shape index (κ3) is 9.12. The lowest BCUT2D eigenvalue weighted by Gasteiger charge is -1.98. The number of pyridine rings is 5. The molecule has 0 spiro atoms. The van der Waals surface area contributed by atoms with Crippen LogP contribution in [-0.4, -0.2) is 61.0 Å². The molecule has 10 aromatic rings. The number of hydrogen-bond acceptors (Lipinski definition) is 7. The van der Waals surface area contributed by atoms with Gasteiger partial charge in [0.2, 0.25) is 17.4 Å². The summed E-state index contributed by atoms with van der Waals surface area (Å²) in [6.45, 7) is 8.87. The Morgan fingerprint density at radius 3 is 1.71 bits per heavy atom. The van der Waals surface area contributed by atoms with Crippen LogP contribution in [0.5, 0.6) is 0 Å². The minimum absolute atomic E-state index is 0.00639. The second-order valence-electron chi connectivity index (χ2n) is 12.8. The molecule has 5 N–H and O–H groups in total. The van der Waals surface area contributed by atoms with Crippen LogP contribution in [0.4, 0.5) is 0 Å². The van der Waals surface area contributed by atoms with Crippen LogP contribution in [-0.2, 0) is 0 Å². The van der Waals surface area contributed by atoms with E-state index in [1.54, 1.807) is 47.6 Å². The summed E-state index contributed by atoms with van der Waals surface area (Å²) in [6, 6.07) is 28.5. The lowest BCUT2D eigenvalue weighted by molar-refractivity contribution is -0.885. The number of fused-ring (bicyclic) bond motifs is 5. The van der Waals surface area contributed by atoms with Crippen LogP contribution in [0.1, 0.15) is 40.5 Å². The van der Waals surface area contributed by atoms with Crippen molar-refractivity contribution in [2.45, 2.75) is 34.6 Å². The predicted molar refractivity (Wildman–Crippen MR) is 217 cm³/mol. The molecule has 0 unspecified atom stereocenters. The summed E-state index contributed by atoms with van der Waals surface area (Å²) in [7, 11) is 0. The van der Waals surface area contributed by atoms with Gasteiger partial charge in [0.15, 0.2) is 0 Å². The third-order valence-electron chi connectivity index (χ3n) is 8.51. The van der Waals surface area contributed by atoms with Crippen LogP contribution >= 0.6 is 0 Å². The van der Waals surface area contributed by atoms with Gasteiger partial charge >= 0.3 is 5.65 Å². The Kier molecular flexibility index (Phi) is 11.6. The van der Waals surface area contributed by atoms with Crippen LogP contribution < -0.4 is 10.3 Å². The fourth-order valence-electron chi connectivity index (χ4n) is 5.72. The summed E-state index contributed by atoms with van der Waals surface area (Å²) in [5.74, 6) is -0.120. The Hall–Kier alpha value is -7.61. The molecule has 0 amide bonds. The maximum atomic E-state index is 11.2. The molecule has 0 saturated heterocycles. The van der Waals surface area contributed by atoms with Crippen LogP contribution in [0.2, 0.25) is 0 Å². The van der Waals surface area contributed by atoms with E-state index in [2.05, 4.69) is 47.0 Å².